The van der Waals surface area contributed by atoms with E-state index < -0.39 is 0 Å². The van der Waals surface area contributed by atoms with E-state index in [0.717, 1.165) is 10.9 Å². The molecular weight excluding hydrogens is 386 g/mol. The smallest absolute Gasteiger partial charge is 0.252 e. The minimum Gasteiger partial charge on any atom is -0.497 e. The number of hydrogen-bond acceptors (Lipinski definition) is 3. The number of halogens is 1. The van der Waals surface area contributed by atoms with Gasteiger partial charge in [0.2, 0.25) is 0 Å². The molecule has 0 fully saturated rings. The highest BCUT2D eigenvalue weighted by Gasteiger charge is 2.15. The van der Waals surface area contributed by atoms with Crippen LogP contribution in [0, 0.1) is 0 Å². The maximum absolute atomic E-state index is 12.5. The number of hydrogen-bond donors (Lipinski definition) is 1. The van der Waals surface area contributed by atoms with Gasteiger partial charge in [-0.15, -0.1) is 11.3 Å². The van der Waals surface area contributed by atoms with E-state index >= 15 is 0 Å². The molecule has 0 aliphatic heterocycles. The average molecular weight is 404 g/mol. The topological polar surface area (TPSA) is 38.3 Å². The van der Waals surface area contributed by atoms with Crippen molar-refractivity contribution in [1.29, 1.82) is 0 Å². The predicted octanol–water partition coefficient (Wildman–Crippen LogP) is 5.03. The fourth-order valence-electron chi connectivity index (χ4n) is 2.68. The fourth-order valence-corrected chi connectivity index (χ4v) is 4.08. The van der Waals surface area contributed by atoms with E-state index in [-0.39, 0.29) is 11.9 Å². The van der Waals surface area contributed by atoms with Crippen LogP contribution >= 0.6 is 27.3 Å². The van der Waals surface area contributed by atoms with Crippen LogP contribution in [0.25, 0.3) is 10.1 Å². The largest absolute Gasteiger partial charge is 0.497 e. The number of benzene rings is 2. The minimum absolute atomic E-state index is 0.0357. The first-order valence-electron chi connectivity index (χ1n) is 7.68. The van der Waals surface area contributed by atoms with Crippen molar-refractivity contribution < 1.29 is 9.53 Å². The third-order valence-electron chi connectivity index (χ3n) is 3.88. The predicted molar refractivity (Wildman–Crippen MR) is 103 cm³/mol. The molecule has 3 nitrogen and oxygen atoms in total. The van der Waals surface area contributed by atoms with Crippen LogP contribution < -0.4 is 10.1 Å². The lowest BCUT2D eigenvalue weighted by Crippen LogP contribution is -2.34. The van der Waals surface area contributed by atoms with Crippen LogP contribution in [0.2, 0.25) is 0 Å². The van der Waals surface area contributed by atoms with Gasteiger partial charge in [0.15, 0.2) is 0 Å². The molecule has 0 saturated carbocycles. The van der Waals surface area contributed by atoms with Gasteiger partial charge in [-0.2, -0.15) is 0 Å². The monoisotopic (exact) mass is 403 g/mol. The fraction of sp³-hybridized carbons (Fsp3) is 0.211. The molecule has 24 heavy (non-hydrogen) atoms. The Balaban J connectivity index is 1.72. The molecule has 0 saturated heterocycles. The second-order valence-electron chi connectivity index (χ2n) is 5.68. The van der Waals surface area contributed by atoms with E-state index in [0.29, 0.717) is 11.3 Å². The first kappa shape index (κ1) is 17.0. The number of nitrogens with one attached hydrogen (secondary N) is 1. The molecule has 1 N–H and O–H groups in total. The lowest BCUT2D eigenvalue weighted by Gasteiger charge is -2.15. The van der Waals surface area contributed by atoms with Gasteiger partial charge in [0.05, 0.1) is 12.7 Å². The molecule has 1 aromatic heterocycles. The summed E-state index contributed by atoms with van der Waals surface area (Å²) in [6, 6.07) is 13.8. The van der Waals surface area contributed by atoms with Gasteiger partial charge in [-0.3, -0.25) is 4.79 Å². The second-order valence-corrected chi connectivity index (χ2v) is 7.45. The molecule has 3 rings (SSSR count). The van der Waals surface area contributed by atoms with Crippen LogP contribution in [0.4, 0.5) is 0 Å². The molecule has 3 aromatic rings. The highest BCUT2D eigenvalue weighted by atomic mass is 79.9. The van der Waals surface area contributed by atoms with E-state index in [1.165, 1.54) is 15.6 Å². The van der Waals surface area contributed by atoms with Crippen molar-refractivity contribution in [2.24, 2.45) is 0 Å². The molecular formula is C19H18BrNO2S. The maximum atomic E-state index is 12.5. The Bertz CT molecular complexity index is 875. The lowest BCUT2D eigenvalue weighted by atomic mass is 10.1. The van der Waals surface area contributed by atoms with Gasteiger partial charge in [0, 0.05) is 15.2 Å². The normalized spacial score (nSPS) is 12.1. The van der Waals surface area contributed by atoms with Gasteiger partial charge in [0.1, 0.15) is 5.75 Å². The summed E-state index contributed by atoms with van der Waals surface area (Å²) < 4.78 is 7.24. The van der Waals surface area contributed by atoms with Gasteiger partial charge in [0.25, 0.3) is 5.91 Å². The third-order valence-corrected chi connectivity index (χ3v) is 5.59. The number of carbonyl (C=O) groups is 1. The van der Waals surface area contributed by atoms with E-state index in [9.17, 15) is 4.79 Å². The zero-order valence-electron chi connectivity index (χ0n) is 13.5. The molecule has 0 aliphatic carbocycles. The Hall–Kier alpha value is -1.85. The molecule has 124 valence electrons. The van der Waals surface area contributed by atoms with Crippen molar-refractivity contribution in [2.75, 3.05) is 7.11 Å². The summed E-state index contributed by atoms with van der Waals surface area (Å²) in [4.78, 5) is 12.5. The zero-order valence-corrected chi connectivity index (χ0v) is 15.9. The molecule has 2 aromatic carbocycles. The number of thiophene rings is 1. The summed E-state index contributed by atoms with van der Waals surface area (Å²) >= 11 is 5.17. The Morgan fingerprint density at radius 3 is 2.88 bits per heavy atom. The first-order chi connectivity index (χ1) is 11.6. The lowest BCUT2D eigenvalue weighted by molar-refractivity contribution is 0.0939. The first-order valence-corrected chi connectivity index (χ1v) is 9.35. The zero-order chi connectivity index (χ0) is 17.1. The van der Waals surface area contributed by atoms with Crippen LogP contribution in [-0.4, -0.2) is 19.1 Å². The quantitative estimate of drug-likeness (QED) is 0.648. The van der Waals surface area contributed by atoms with Gasteiger partial charge in [-0.1, -0.05) is 18.2 Å². The van der Waals surface area contributed by atoms with Crippen molar-refractivity contribution in [3.8, 4) is 5.75 Å². The Labute approximate surface area is 153 Å². The number of ether oxygens (including phenoxy) is 1. The molecule has 5 heteroatoms. The highest BCUT2D eigenvalue weighted by molar-refractivity contribution is 9.10. The van der Waals surface area contributed by atoms with E-state index in [4.69, 9.17) is 4.74 Å². The second kappa shape index (κ2) is 7.36. The van der Waals surface area contributed by atoms with Gasteiger partial charge in [-0.05, 0) is 69.9 Å². The minimum atomic E-state index is -0.104. The molecule has 0 radical (unpaired) electrons. The highest BCUT2D eigenvalue weighted by Crippen LogP contribution is 2.27. The van der Waals surface area contributed by atoms with Crippen LogP contribution in [0.3, 0.4) is 0 Å². The third kappa shape index (κ3) is 3.62. The number of amides is 1. The van der Waals surface area contributed by atoms with Crippen molar-refractivity contribution in [3.63, 3.8) is 0 Å². The number of carbonyl (C=O) groups excluding carboxylic acids is 1. The van der Waals surface area contributed by atoms with Crippen LogP contribution in [0.1, 0.15) is 22.8 Å². The summed E-state index contributed by atoms with van der Waals surface area (Å²) in [6.07, 6.45) is 0.803. The molecule has 1 amide bonds. The van der Waals surface area contributed by atoms with E-state index in [2.05, 4.69) is 44.8 Å². The summed E-state index contributed by atoms with van der Waals surface area (Å²) in [5.41, 5.74) is 1.85. The molecule has 1 heterocycles. The summed E-state index contributed by atoms with van der Waals surface area (Å²) in [7, 11) is 1.59. The Morgan fingerprint density at radius 1 is 1.29 bits per heavy atom. The Kier molecular flexibility index (Phi) is 5.21. The average Bonchev–Trinajstić information content (AvgIpc) is 2.98. The van der Waals surface area contributed by atoms with Gasteiger partial charge in [-0.25, -0.2) is 0 Å². The number of methoxy groups -OCH3 is 1. The van der Waals surface area contributed by atoms with Crippen LogP contribution in [-0.2, 0) is 6.42 Å². The van der Waals surface area contributed by atoms with Gasteiger partial charge >= 0.3 is 0 Å². The van der Waals surface area contributed by atoms with Crippen LogP contribution in [0.5, 0.6) is 5.75 Å². The summed E-state index contributed by atoms with van der Waals surface area (Å²) in [6.45, 7) is 2.03. The summed E-state index contributed by atoms with van der Waals surface area (Å²) in [5.74, 6) is 0.563. The maximum Gasteiger partial charge on any atom is 0.252 e. The molecule has 0 aliphatic rings. The molecule has 0 bridgehead atoms. The van der Waals surface area contributed by atoms with Crippen molar-refractivity contribution >= 4 is 43.3 Å². The molecule has 1 atom stereocenters. The number of rotatable bonds is 5. The van der Waals surface area contributed by atoms with E-state index in [1.807, 2.05) is 25.1 Å². The van der Waals surface area contributed by atoms with Crippen molar-refractivity contribution in [3.05, 3.63) is 63.4 Å². The standard InChI is InChI=1S/C19H18BrNO2S/c1-12(9-13-11-24-18-6-4-3-5-15(13)18)21-19(22)16-10-14(23-2)7-8-17(16)20/h3-8,10-12H,9H2,1-2H3,(H,21,22)/t12-/m1/s1. The SMILES string of the molecule is COc1ccc(Br)c(C(=O)N[C@H](C)Cc2csc3ccccc23)c1. The number of fused-ring (bicyclic) bond motifs is 1. The van der Waals surface area contributed by atoms with E-state index in [1.54, 1.807) is 24.5 Å². The summed E-state index contributed by atoms with van der Waals surface area (Å²) in [5, 5.41) is 6.52. The molecule has 0 spiro atoms. The van der Waals surface area contributed by atoms with Crippen LogP contribution in [0.15, 0.2) is 52.3 Å². The van der Waals surface area contributed by atoms with Crippen molar-refractivity contribution in [1.82, 2.24) is 5.32 Å². The molecule has 0 unspecified atom stereocenters. The van der Waals surface area contributed by atoms with Crippen molar-refractivity contribution in [2.45, 2.75) is 19.4 Å². The van der Waals surface area contributed by atoms with Gasteiger partial charge < -0.3 is 10.1 Å². The Morgan fingerprint density at radius 2 is 2.08 bits per heavy atom.